The Labute approximate surface area is 185 Å². The normalized spacial score (nSPS) is 14.0. The highest BCUT2D eigenvalue weighted by atomic mass is 32.2. The minimum atomic E-state index is 0.140. The molecular formula is C25H34N2S2. The van der Waals surface area contributed by atoms with Crippen molar-refractivity contribution in [3.8, 4) is 0 Å². The summed E-state index contributed by atoms with van der Waals surface area (Å²) in [5.41, 5.74) is 2.35. The lowest BCUT2D eigenvalue weighted by Gasteiger charge is -2.19. The highest BCUT2D eigenvalue weighted by Gasteiger charge is 2.14. The van der Waals surface area contributed by atoms with Gasteiger partial charge in [-0.3, -0.25) is 9.98 Å². The number of benzene rings is 2. The van der Waals surface area contributed by atoms with Crippen LogP contribution in [0.1, 0.15) is 59.6 Å². The summed E-state index contributed by atoms with van der Waals surface area (Å²) in [5, 5.41) is 0. The summed E-state index contributed by atoms with van der Waals surface area (Å²) in [6, 6.07) is 17.1. The van der Waals surface area contributed by atoms with Crippen LogP contribution in [0.5, 0.6) is 0 Å². The predicted molar refractivity (Wildman–Crippen MR) is 134 cm³/mol. The molecule has 0 amide bonds. The number of rotatable bonds is 7. The number of hydrogen-bond donors (Lipinski definition) is 0. The molecule has 1 atom stereocenters. The molecule has 156 valence electrons. The molecule has 0 saturated heterocycles. The summed E-state index contributed by atoms with van der Waals surface area (Å²) >= 11 is 3.75. The van der Waals surface area contributed by atoms with E-state index in [-0.39, 0.29) is 15.5 Å². The lowest BCUT2D eigenvalue weighted by atomic mass is 10.2. The summed E-state index contributed by atoms with van der Waals surface area (Å²) < 4.78 is 0.359. The van der Waals surface area contributed by atoms with Crippen molar-refractivity contribution in [2.75, 3.05) is 6.54 Å². The summed E-state index contributed by atoms with van der Waals surface area (Å²) in [6.45, 7) is 16.2. The molecule has 0 heterocycles. The van der Waals surface area contributed by atoms with Gasteiger partial charge in [-0.1, -0.05) is 77.9 Å². The van der Waals surface area contributed by atoms with E-state index in [2.05, 4.69) is 102 Å². The Balaban J connectivity index is 2.02. The molecule has 0 fully saturated rings. The molecule has 0 aliphatic rings. The minimum Gasteiger partial charge on any atom is -0.290 e. The Morgan fingerprint density at radius 3 is 1.69 bits per heavy atom. The van der Waals surface area contributed by atoms with E-state index in [4.69, 9.17) is 4.99 Å². The molecule has 0 aliphatic carbocycles. The van der Waals surface area contributed by atoms with Crippen LogP contribution in [-0.4, -0.2) is 34.5 Å². The molecule has 2 rings (SSSR count). The summed E-state index contributed by atoms with van der Waals surface area (Å²) in [6.07, 6.45) is 3.99. The first-order valence-corrected chi connectivity index (χ1v) is 11.8. The van der Waals surface area contributed by atoms with E-state index in [1.807, 2.05) is 36.0 Å². The van der Waals surface area contributed by atoms with Gasteiger partial charge in [0.2, 0.25) is 0 Å². The zero-order valence-electron chi connectivity index (χ0n) is 18.8. The van der Waals surface area contributed by atoms with E-state index < -0.39 is 0 Å². The lowest BCUT2D eigenvalue weighted by molar-refractivity contribution is 0.761. The standard InChI is InChI=1S/C25H34N2S2/c1-19(27-18-21-13-9-11-15-23(21)29-25(5,6)7)16-26-17-20-12-8-10-14-22(20)28-24(2,3)4/h8-15,17-19H,16H2,1-7H3. The second-order valence-corrected chi connectivity index (χ2v) is 12.9. The van der Waals surface area contributed by atoms with Crippen molar-refractivity contribution in [3.63, 3.8) is 0 Å². The molecule has 0 aromatic heterocycles. The quantitative estimate of drug-likeness (QED) is 0.340. The van der Waals surface area contributed by atoms with Crippen LogP contribution in [0, 0.1) is 0 Å². The van der Waals surface area contributed by atoms with Crippen molar-refractivity contribution in [1.82, 2.24) is 0 Å². The Kier molecular flexibility index (Phi) is 8.59. The smallest absolute Gasteiger partial charge is 0.0666 e. The van der Waals surface area contributed by atoms with Gasteiger partial charge in [0.1, 0.15) is 0 Å². The van der Waals surface area contributed by atoms with E-state index in [9.17, 15) is 0 Å². The molecule has 2 aromatic carbocycles. The van der Waals surface area contributed by atoms with Crippen LogP contribution in [0.25, 0.3) is 0 Å². The van der Waals surface area contributed by atoms with E-state index in [0.717, 1.165) is 0 Å². The van der Waals surface area contributed by atoms with Crippen molar-refractivity contribution in [1.29, 1.82) is 0 Å². The fourth-order valence-corrected chi connectivity index (χ4v) is 4.67. The van der Waals surface area contributed by atoms with Gasteiger partial charge < -0.3 is 0 Å². The van der Waals surface area contributed by atoms with Gasteiger partial charge in [0.05, 0.1) is 12.6 Å². The Morgan fingerprint density at radius 1 is 0.759 bits per heavy atom. The maximum absolute atomic E-state index is 4.74. The van der Waals surface area contributed by atoms with Crippen molar-refractivity contribution in [3.05, 3.63) is 59.7 Å². The van der Waals surface area contributed by atoms with Gasteiger partial charge >= 0.3 is 0 Å². The summed E-state index contributed by atoms with van der Waals surface area (Å²) in [5.74, 6) is 0. The van der Waals surface area contributed by atoms with E-state index in [1.54, 1.807) is 0 Å². The van der Waals surface area contributed by atoms with Gasteiger partial charge in [0.25, 0.3) is 0 Å². The van der Waals surface area contributed by atoms with Crippen molar-refractivity contribution < 1.29 is 0 Å². The Bertz CT molecular complexity index is 842. The van der Waals surface area contributed by atoms with Crippen molar-refractivity contribution in [2.24, 2.45) is 9.98 Å². The van der Waals surface area contributed by atoms with Gasteiger partial charge in [-0.05, 0) is 19.1 Å². The fourth-order valence-electron chi connectivity index (χ4n) is 2.58. The van der Waals surface area contributed by atoms with Crippen molar-refractivity contribution >= 4 is 36.0 Å². The fraction of sp³-hybridized carbons (Fsp3) is 0.440. The third kappa shape index (κ3) is 9.22. The minimum absolute atomic E-state index is 0.140. The third-order valence-electron chi connectivity index (χ3n) is 3.74. The van der Waals surface area contributed by atoms with Crippen LogP contribution in [0.15, 0.2) is 68.3 Å². The second-order valence-electron chi connectivity index (χ2n) is 9.13. The van der Waals surface area contributed by atoms with Crippen LogP contribution in [0.4, 0.5) is 0 Å². The zero-order chi connectivity index (χ0) is 21.5. The number of hydrogen-bond acceptors (Lipinski definition) is 4. The number of thioether (sulfide) groups is 2. The zero-order valence-corrected chi connectivity index (χ0v) is 20.4. The maximum Gasteiger partial charge on any atom is 0.0666 e. The van der Waals surface area contributed by atoms with E-state index in [0.29, 0.717) is 6.54 Å². The van der Waals surface area contributed by atoms with Crippen LogP contribution >= 0.6 is 23.5 Å². The first-order chi connectivity index (χ1) is 13.5. The van der Waals surface area contributed by atoms with Crippen LogP contribution in [0.2, 0.25) is 0 Å². The molecule has 29 heavy (non-hydrogen) atoms. The highest BCUT2D eigenvalue weighted by molar-refractivity contribution is 8.01. The van der Waals surface area contributed by atoms with Crippen LogP contribution in [-0.2, 0) is 0 Å². The van der Waals surface area contributed by atoms with Crippen molar-refractivity contribution in [2.45, 2.75) is 73.8 Å². The lowest BCUT2D eigenvalue weighted by Crippen LogP contribution is -2.08. The van der Waals surface area contributed by atoms with Gasteiger partial charge in [-0.25, -0.2) is 0 Å². The van der Waals surface area contributed by atoms with Gasteiger partial charge in [-0.15, -0.1) is 23.5 Å². The SMILES string of the molecule is CC(CN=Cc1ccccc1SC(C)(C)C)N=Cc1ccccc1SC(C)(C)C. The molecule has 4 heteroatoms. The molecule has 0 spiro atoms. The van der Waals surface area contributed by atoms with Crippen LogP contribution < -0.4 is 0 Å². The average Bonchev–Trinajstić information content (AvgIpc) is 2.60. The Morgan fingerprint density at radius 2 is 1.21 bits per heavy atom. The topological polar surface area (TPSA) is 24.7 Å². The van der Waals surface area contributed by atoms with Crippen LogP contribution in [0.3, 0.4) is 0 Å². The average molecular weight is 427 g/mol. The monoisotopic (exact) mass is 426 g/mol. The largest absolute Gasteiger partial charge is 0.290 e. The predicted octanol–water partition coefficient (Wildman–Crippen LogP) is 7.39. The summed E-state index contributed by atoms with van der Waals surface area (Å²) in [4.78, 5) is 12.0. The first kappa shape index (κ1) is 23.8. The number of aliphatic imine (C=N–C) groups is 2. The molecule has 0 saturated carbocycles. The summed E-state index contributed by atoms with van der Waals surface area (Å²) in [7, 11) is 0. The molecule has 0 bridgehead atoms. The van der Waals surface area contributed by atoms with E-state index in [1.165, 1.54) is 20.9 Å². The van der Waals surface area contributed by atoms with E-state index >= 15 is 0 Å². The van der Waals surface area contributed by atoms with Gasteiger partial charge in [-0.2, -0.15) is 0 Å². The Hall–Kier alpha value is -1.52. The molecule has 0 aliphatic heterocycles. The molecule has 2 nitrogen and oxygen atoms in total. The molecule has 1 unspecified atom stereocenters. The van der Waals surface area contributed by atoms with Gasteiger partial charge in [0.15, 0.2) is 0 Å². The maximum atomic E-state index is 4.74. The number of nitrogens with zero attached hydrogens (tertiary/aromatic N) is 2. The molecule has 0 N–H and O–H groups in total. The molecular weight excluding hydrogens is 392 g/mol. The molecule has 0 radical (unpaired) electrons. The highest BCUT2D eigenvalue weighted by Crippen LogP contribution is 2.34. The van der Waals surface area contributed by atoms with Gasteiger partial charge in [0, 0.05) is 42.8 Å². The second kappa shape index (κ2) is 10.5. The first-order valence-electron chi connectivity index (χ1n) is 10.1. The third-order valence-corrected chi connectivity index (χ3v) is 6.15. The molecule has 2 aromatic rings.